The van der Waals surface area contributed by atoms with Gasteiger partial charge >= 0.3 is 0 Å². The number of thiazole rings is 1. The van der Waals surface area contributed by atoms with Gasteiger partial charge in [0.15, 0.2) is 5.13 Å². The van der Waals surface area contributed by atoms with Gasteiger partial charge in [-0.3, -0.25) is 4.98 Å². The molecule has 0 bridgehead atoms. The second kappa shape index (κ2) is 8.97. The van der Waals surface area contributed by atoms with Crippen molar-refractivity contribution in [1.29, 1.82) is 0 Å². The summed E-state index contributed by atoms with van der Waals surface area (Å²) in [4.78, 5) is 9.14. The molecule has 1 saturated carbocycles. The Balaban J connectivity index is 1.63. The highest BCUT2D eigenvalue weighted by atomic mass is 35.5. The molecule has 4 nitrogen and oxygen atoms in total. The molecule has 3 rings (SSSR count). The number of hydrogen-bond donors (Lipinski definition) is 2. The second-order valence-corrected chi connectivity index (χ2v) is 8.08. The predicted molar refractivity (Wildman–Crippen MR) is 108 cm³/mol. The van der Waals surface area contributed by atoms with Crippen LogP contribution in [0.5, 0.6) is 0 Å². The highest BCUT2D eigenvalue weighted by Gasteiger charge is 2.21. The van der Waals surface area contributed by atoms with E-state index >= 15 is 0 Å². The van der Waals surface area contributed by atoms with Gasteiger partial charge in [0.05, 0.1) is 10.7 Å². The van der Waals surface area contributed by atoms with E-state index in [1.807, 2.05) is 12.4 Å². The molecule has 1 fully saturated rings. The van der Waals surface area contributed by atoms with Crippen LogP contribution in [-0.4, -0.2) is 29.6 Å². The fourth-order valence-electron chi connectivity index (χ4n) is 3.52. The molecule has 0 atom stereocenters. The molecule has 2 aromatic rings. The molecule has 0 unspecified atom stereocenters. The maximum absolute atomic E-state index is 6.37. The zero-order chi connectivity index (χ0) is 17.6. The van der Waals surface area contributed by atoms with Gasteiger partial charge in [-0.05, 0) is 57.1 Å². The van der Waals surface area contributed by atoms with Crippen molar-refractivity contribution in [3.05, 3.63) is 28.4 Å². The monoisotopic (exact) mass is 378 g/mol. The van der Waals surface area contributed by atoms with Crippen LogP contribution in [0.15, 0.2) is 17.6 Å². The van der Waals surface area contributed by atoms with E-state index in [0.29, 0.717) is 11.1 Å². The largest absolute Gasteiger partial charge is 0.365 e. The fraction of sp³-hybridized carbons (Fsp3) is 0.579. The van der Waals surface area contributed by atoms with E-state index in [9.17, 15) is 0 Å². The van der Waals surface area contributed by atoms with Crippen LogP contribution in [0.3, 0.4) is 0 Å². The number of rotatable bonds is 7. The first kappa shape index (κ1) is 18.6. The average molecular weight is 379 g/mol. The first-order valence-electron chi connectivity index (χ1n) is 9.21. The third-order valence-corrected chi connectivity index (χ3v) is 6.09. The SMILES string of the molecule is CCCNC1CCC(Cc2cc(-c3csc(NC)n3)c(Cl)cn2)CC1. The molecule has 0 spiro atoms. The number of anilines is 1. The molecule has 0 aliphatic heterocycles. The molecule has 25 heavy (non-hydrogen) atoms. The molecule has 2 N–H and O–H groups in total. The van der Waals surface area contributed by atoms with E-state index in [4.69, 9.17) is 11.6 Å². The molecule has 0 amide bonds. The number of nitrogens with zero attached hydrogens (tertiary/aromatic N) is 2. The zero-order valence-corrected chi connectivity index (χ0v) is 16.6. The van der Waals surface area contributed by atoms with Gasteiger partial charge in [-0.15, -0.1) is 11.3 Å². The first-order chi connectivity index (χ1) is 12.2. The van der Waals surface area contributed by atoms with Crippen LogP contribution in [0, 0.1) is 5.92 Å². The molecule has 136 valence electrons. The van der Waals surface area contributed by atoms with Crippen LogP contribution in [0.1, 0.15) is 44.7 Å². The van der Waals surface area contributed by atoms with Gasteiger partial charge in [-0.1, -0.05) is 18.5 Å². The molecule has 2 aromatic heterocycles. The van der Waals surface area contributed by atoms with Crippen molar-refractivity contribution in [2.75, 3.05) is 18.9 Å². The fourth-order valence-corrected chi connectivity index (χ4v) is 4.39. The maximum Gasteiger partial charge on any atom is 0.182 e. The molecule has 6 heteroatoms. The van der Waals surface area contributed by atoms with Crippen LogP contribution in [0.2, 0.25) is 5.02 Å². The lowest BCUT2D eigenvalue weighted by Gasteiger charge is -2.29. The summed E-state index contributed by atoms with van der Waals surface area (Å²) in [5.41, 5.74) is 3.04. The zero-order valence-electron chi connectivity index (χ0n) is 15.0. The van der Waals surface area contributed by atoms with Gasteiger partial charge in [0, 0.05) is 35.9 Å². The van der Waals surface area contributed by atoms with E-state index < -0.39 is 0 Å². The van der Waals surface area contributed by atoms with Crippen LogP contribution >= 0.6 is 22.9 Å². The molecule has 0 aromatic carbocycles. The lowest BCUT2D eigenvalue weighted by Crippen LogP contribution is -2.34. The number of nitrogens with one attached hydrogen (secondary N) is 2. The summed E-state index contributed by atoms with van der Waals surface area (Å²) in [6.07, 6.45) is 9.14. The van der Waals surface area contributed by atoms with Crippen LogP contribution in [0.4, 0.5) is 5.13 Å². The van der Waals surface area contributed by atoms with Crippen LogP contribution in [-0.2, 0) is 6.42 Å². The quantitative estimate of drug-likeness (QED) is 0.711. The van der Waals surface area contributed by atoms with E-state index in [0.717, 1.165) is 41.0 Å². The van der Waals surface area contributed by atoms with Crippen molar-refractivity contribution >= 4 is 28.1 Å². The highest BCUT2D eigenvalue weighted by molar-refractivity contribution is 7.14. The standard InChI is InChI=1S/C19H27ClN4S/c1-3-8-22-14-6-4-13(5-7-14)9-15-10-16(17(20)11-23-15)18-12-25-19(21-2)24-18/h10-14,22H,3-9H2,1-2H3,(H,21,24). The maximum atomic E-state index is 6.37. The Morgan fingerprint density at radius 3 is 2.76 bits per heavy atom. The minimum Gasteiger partial charge on any atom is -0.365 e. The van der Waals surface area contributed by atoms with Gasteiger partial charge in [-0.2, -0.15) is 0 Å². The molecule has 2 heterocycles. The van der Waals surface area contributed by atoms with Crippen molar-refractivity contribution in [2.24, 2.45) is 5.92 Å². The molecule has 1 aliphatic carbocycles. The summed E-state index contributed by atoms with van der Waals surface area (Å²) in [6.45, 7) is 3.37. The summed E-state index contributed by atoms with van der Waals surface area (Å²) >= 11 is 7.96. The van der Waals surface area contributed by atoms with E-state index in [2.05, 4.69) is 33.6 Å². The minimum atomic E-state index is 0.671. The summed E-state index contributed by atoms with van der Waals surface area (Å²) in [7, 11) is 1.88. The summed E-state index contributed by atoms with van der Waals surface area (Å²) in [5.74, 6) is 0.726. The third-order valence-electron chi connectivity index (χ3n) is 4.93. The molecular formula is C19H27ClN4S. The molecule has 1 aliphatic rings. The Morgan fingerprint density at radius 1 is 1.28 bits per heavy atom. The second-order valence-electron chi connectivity index (χ2n) is 6.82. The van der Waals surface area contributed by atoms with Gasteiger partial charge < -0.3 is 10.6 Å². The minimum absolute atomic E-state index is 0.671. The summed E-state index contributed by atoms with van der Waals surface area (Å²) < 4.78 is 0. The number of aromatic nitrogens is 2. The number of hydrogen-bond acceptors (Lipinski definition) is 5. The number of pyridine rings is 1. The molecule has 0 saturated heterocycles. The van der Waals surface area contributed by atoms with Gasteiger partial charge in [0.25, 0.3) is 0 Å². The van der Waals surface area contributed by atoms with Crippen molar-refractivity contribution in [1.82, 2.24) is 15.3 Å². The van der Waals surface area contributed by atoms with Crippen molar-refractivity contribution in [3.8, 4) is 11.3 Å². The van der Waals surface area contributed by atoms with Crippen molar-refractivity contribution in [2.45, 2.75) is 51.5 Å². The van der Waals surface area contributed by atoms with Crippen LogP contribution < -0.4 is 10.6 Å². The van der Waals surface area contributed by atoms with Gasteiger partial charge in [0.1, 0.15) is 0 Å². The first-order valence-corrected chi connectivity index (χ1v) is 10.5. The molecular weight excluding hydrogens is 352 g/mol. The predicted octanol–water partition coefficient (Wildman–Crippen LogP) is 5.00. The van der Waals surface area contributed by atoms with Gasteiger partial charge in [-0.25, -0.2) is 4.98 Å². The summed E-state index contributed by atoms with van der Waals surface area (Å²) in [6, 6.07) is 2.83. The Morgan fingerprint density at radius 2 is 2.08 bits per heavy atom. The van der Waals surface area contributed by atoms with Crippen LogP contribution in [0.25, 0.3) is 11.3 Å². The Kier molecular flexibility index (Phi) is 6.68. The summed E-state index contributed by atoms with van der Waals surface area (Å²) in [5, 5.41) is 10.4. The van der Waals surface area contributed by atoms with Gasteiger partial charge in [0.2, 0.25) is 0 Å². The Hall–Kier alpha value is -1.17. The normalized spacial score (nSPS) is 20.6. The molecule has 0 radical (unpaired) electrons. The lowest BCUT2D eigenvalue weighted by molar-refractivity contribution is 0.290. The lowest BCUT2D eigenvalue weighted by atomic mass is 9.83. The van der Waals surface area contributed by atoms with E-state index in [1.54, 1.807) is 17.5 Å². The van der Waals surface area contributed by atoms with Crippen molar-refractivity contribution in [3.63, 3.8) is 0 Å². The third kappa shape index (κ3) is 4.93. The van der Waals surface area contributed by atoms with E-state index in [-0.39, 0.29) is 0 Å². The topological polar surface area (TPSA) is 49.8 Å². The van der Waals surface area contributed by atoms with E-state index in [1.165, 1.54) is 32.1 Å². The highest BCUT2D eigenvalue weighted by Crippen LogP contribution is 2.32. The smallest absolute Gasteiger partial charge is 0.182 e. The van der Waals surface area contributed by atoms with Crippen molar-refractivity contribution < 1.29 is 0 Å². The average Bonchev–Trinajstić information content (AvgIpc) is 3.12. The Bertz CT molecular complexity index is 680. The number of halogens is 1. The Labute approximate surface area is 159 Å².